The van der Waals surface area contributed by atoms with Crippen molar-refractivity contribution in [3.63, 3.8) is 0 Å². The highest BCUT2D eigenvalue weighted by atomic mass is 35.5. The van der Waals surface area contributed by atoms with Crippen LogP contribution in [0.4, 0.5) is 0 Å². The number of halogens is 1. The smallest absolute Gasteiger partial charge is 0.267 e. The van der Waals surface area contributed by atoms with E-state index in [2.05, 4.69) is 15.8 Å². The number of carbonyl (C=O) groups excluding carboxylic acids is 2. The van der Waals surface area contributed by atoms with Gasteiger partial charge in [0.1, 0.15) is 5.69 Å². The van der Waals surface area contributed by atoms with E-state index in [9.17, 15) is 18.0 Å². The number of carbonyl (C=O) groups is 2. The number of sulfonamides is 1. The average molecular weight is 547 g/mol. The molecule has 190 valence electrons. The summed E-state index contributed by atoms with van der Waals surface area (Å²) in [5.41, 5.74) is 7.41. The number of nitrogens with zero attached hydrogens (tertiary/aromatic N) is 2. The number of hydrogen-bond donors (Lipinski definition) is 2. The Morgan fingerprint density at radius 3 is 2.39 bits per heavy atom. The number of thiazole rings is 1. The van der Waals surface area contributed by atoms with Crippen LogP contribution in [0, 0.1) is 6.92 Å². The second kappa shape index (κ2) is 11.1. The largest absolute Gasteiger partial charge is 0.289 e. The molecule has 1 aromatic heterocycles. The summed E-state index contributed by atoms with van der Waals surface area (Å²) in [4.78, 5) is 29.4. The van der Waals surface area contributed by atoms with E-state index in [0.29, 0.717) is 36.5 Å². The molecule has 2 amide bonds. The number of hydrazine groups is 1. The van der Waals surface area contributed by atoms with Gasteiger partial charge in [-0.25, -0.2) is 13.4 Å². The predicted octanol–water partition coefficient (Wildman–Crippen LogP) is 4.31. The Morgan fingerprint density at radius 2 is 1.75 bits per heavy atom. The van der Waals surface area contributed by atoms with Crippen LogP contribution in [0.25, 0.3) is 0 Å². The quantitative estimate of drug-likeness (QED) is 0.448. The number of hydrogen-bond acceptors (Lipinski definition) is 6. The Labute approximate surface area is 219 Å². The van der Waals surface area contributed by atoms with Gasteiger partial charge in [-0.15, -0.1) is 11.3 Å². The van der Waals surface area contributed by atoms with Crippen molar-refractivity contribution >= 4 is 44.8 Å². The lowest BCUT2D eigenvalue weighted by molar-refractivity contribution is 0.0844. The Hall–Kier alpha value is -2.79. The number of rotatable bonds is 6. The van der Waals surface area contributed by atoms with Crippen LogP contribution >= 0.6 is 22.9 Å². The molecule has 0 spiro atoms. The van der Waals surface area contributed by atoms with Crippen molar-refractivity contribution in [1.82, 2.24) is 20.1 Å². The molecule has 2 heterocycles. The first-order chi connectivity index (χ1) is 17.2. The predicted molar refractivity (Wildman–Crippen MR) is 140 cm³/mol. The van der Waals surface area contributed by atoms with Crippen LogP contribution in [0.5, 0.6) is 0 Å². The lowest BCUT2D eigenvalue weighted by atomic mass is 9.99. The molecule has 1 saturated heterocycles. The zero-order valence-corrected chi connectivity index (χ0v) is 22.3. The van der Waals surface area contributed by atoms with Crippen LogP contribution in [-0.2, 0) is 16.4 Å². The minimum absolute atomic E-state index is 0.0521. The van der Waals surface area contributed by atoms with Crippen LogP contribution in [0.1, 0.15) is 62.7 Å². The van der Waals surface area contributed by atoms with Crippen molar-refractivity contribution in [2.75, 3.05) is 13.1 Å². The van der Waals surface area contributed by atoms with Crippen molar-refractivity contribution in [1.29, 1.82) is 0 Å². The second-order valence-electron chi connectivity index (χ2n) is 8.62. The minimum Gasteiger partial charge on any atom is -0.267 e. The van der Waals surface area contributed by atoms with Crippen LogP contribution in [0.15, 0.2) is 52.7 Å². The van der Waals surface area contributed by atoms with Crippen molar-refractivity contribution in [3.8, 4) is 0 Å². The van der Waals surface area contributed by atoms with Gasteiger partial charge in [0.2, 0.25) is 10.0 Å². The minimum atomic E-state index is -3.63. The summed E-state index contributed by atoms with van der Waals surface area (Å²) < 4.78 is 27.5. The molecular formula is C25H27ClN4O4S2. The number of nitrogens with one attached hydrogen (secondary N) is 2. The fourth-order valence-corrected chi connectivity index (χ4v) is 6.66. The molecular weight excluding hydrogens is 520 g/mol. The maximum Gasteiger partial charge on any atom is 0.289 e. The van der Waals surface area contributed by atoms with Gasteiger partial charge in [0.15, 0.2) is 0 Å². The molecule has 0 atom stereocenters. The molecule has 8 nitrogen and oxygen atoms in total. The van der Waals surface area contributed by atoms with Crippen LogP contribution in [0.2, 0.25) is 5.02 Å². The van der Waals surface area contributed by atoms with Crippen molar-refractivity contribution in [2.45, 2.75) is 43.9 Å². The molecule has 3 aromatic rings. The van der Waals surface area contributed by atoms with Crippen LogP contribution < -0.4 is 10.9 Å². The molecule has 2 N–H and O–H groups in total. The monoisotopic (exact) mass is 546 g/mol. The third-order valence-corrected chi connectivity index (χ3v) is 9.56. The zero-order chi connectivity index (χ0) is 25.9. The highest BCUT2D eigenvalue weighted by Gasteiger charge is 2.31. The number of aryl methyl sites for hydroxylation is 2. The van der Waals surface area contributed by atoms with Gasteiger partial charge in [0.25, 0.3) is 11.8 Å². The first-order valence-corrected chi connectivity index (χ1v) is 14.3. The molecule has 0 unspecified atom stereocenters. The maximum atomic E-state index is 13.0. The van der Waals surface area contributed by atoms with E-state index in [0.717, 1.165) is 22.6 Å². The van der Waals surface area contributed by atoms with Crippen molar-refractivity contribution in [3.05, 3.63) is 80.3 Å². The summed E-state index contributed by atoms with van der Waals surface area (Å²) in [6, 6.07) is 11.9. The highest BCUT2D eigenvalue weighted by molar-refractivity contribution is 7.89. The molecule has 1 aliphatic heterocycles. The van der Waals surface area contributed by atoms with Gasteiger partial charge in [-0.1, -0.05) is 36.7 Å². The summed E-state index contributed by atoms with van der Waals surface area (Å²) >= 11 is 7.48. The van der Waals surface area contributed by atoms with Gasteiger partial charge in [-0.05, 0) is 61.6 Å². The fraction of sp³-hybridized carbons (Fsp3) is 0.320. The number of benzene rings is 2. The van der Waals surface area contributed by atoms with Crippen LogP contribution in [-0.4, -0.2) is 42.6 Å². The number of amides is 2. The van der Waals surface area contributed by atoms with E-state index in [1.165, 1.54) is 21.7 Å². The van der Waals surface area contributed by atoms with Gasteiger partial charge in [-0.3, -0.25) is 20.4 Å². The lowest BCUT2D eigenvalue weighted by Crippen LogP contribution is -2.41. The van der Waals surface area contributed by atoms with E-state index < -0.39 is 21.8 Å². The van der Waals surface area contributed by atoms with E-state index in [1.54, 1.807) is 29.6 Å². The summed E-state index contributed by atoms with van der Waals surface area (Å²) in [7, 11) is -3.63. The normalized spacial score (nSPS) is 15.0. The van der Waals surface area contributed by atoms with Gasteiger partial charge >= 0.3 is 0 Å². The van der Waals surface area contributed by atoms with Gasteiger partial charge < -0.3 is 0 Å². The molecule has 11 heteroatoms. The van der Waals surface area contributed by atoms with Crippen molar-refractivity contribution in [2.24, 2.45) is 0 Å². The maximum absolute atomic E-state index is 13.0. The van der Waals surface area contributed by atoms with E-state index in [4.69, 9.17) is 11.6 Å². The van der Waals surface area contributed by atoms with E-state index in [-0.39, 0.29) is 16.5 Å². The molecule has 0 saturated carbocycles. The van der Waals surface area contributed by atoms with Gasteiger partial charge in [-0.2, -0.15) is 4.31 Å². The molecule has 1 fully saturated rings. The summed E-state index contributed by atoms with van der Waals surface area (Å²) in [5, 5.41) is 2.84. The second-order valence-corrected chi connectivity index (χ2v) is 11.9. The summed E-state index contributed by atoms with van der Waals surface area (Å²) in [6.07, 6.45) is 2.07. The Balaban J connectivity index is 1.32. The van der Waals surface area contributed by atoms with Crippen molar-refractivity contribution < 1.29 is 18.0 Å². The first kappa shape index (κ1) is 26.3. The molecule has 0 aliphatic carbocycles. The number of aromatic nitrogens is 1. The van der Waals surface area contributed by atoms with E-state index in [1.807, 2.05) is 26.0 Å². The standard InChI is InChI=1S/C25H27ClN4O4S2/c1-3-17-5-7-18(8-6-17)23(31)28-29-24(32)22-15-35-25(27-22)19-10-12-30(13-11-19)36(33,34)20-9-4-16(2)21(26)14-20/h4-9,14-15,19H,3,10-13H2,1-2H3,(H,28,31)(H,29,32). The number of piperidine rings is 1. The summed E-state index contributed by atoms with van der Waals surface area (Å²) in [6.45, 7) is 4.56. The third kappa shape index (κ3) is 5.78. The fourth-order valence-electron chi connectivity index (χ4n) is 3.95. The molecule has 0 bridgehead atoms. The Morgan fingerprint density at radius 1 is 1.08 bits per heavy atom. The van der Waals surface area contributed by atoms with Crippen LogP contribution in [0.3, 0.4) is 0 Å². The summed E-state index contributed by atoms with van der Waals surface area (Å²) in [5.74, 6) is -0.867. The zero-order valence-electron chi connectivity index (χ0n) is 20.0. The lowest BCUT2D eigenvalue weighted by Gasteiger charge is -2.30. The van der Waals surface area contributed by atoms with E-state index >= 15 is 0 Å². The average Bonchev–Trinajstić information content (AvgIpc) is 3.39. The molecule has 1 aliphatic rings. The molecule has 2 aromatic carbocycles. The highest BCUT2D eigenvalue weighted by Crippen LogP contribution is 2.33. The Bertz CT molecular complexity index is 1360. The molecule has 36 heavy (non-hydrogen) atoms. The Kier molecular flexibility index (Phi) is 8.09. The van der Waals surface area contributed by atoms with Gasteiger partial charge in [0.05, 0.1) is 9.90 Å². The SMILES string of the molecule is CCc1ccc(C(=O)NNC(=O)c2csc(C3CCN(S(=O)(=O)c4ccc(C)c(Cl)c4)CC3)n2)cc1. The first-order valence-electron chi connectivity index (χ1n) is 11.6. The molecule has 0 radical (unpaired) electrons. The molecule has 4 rings (SSSR count). The third-order valence-electron chi connectivity index (χ3n) is 6.25. The van der Waals surface area contributed by atoms with Gasteiger partial charge in [0, 0.05) is 35.0 Å². The topological polar surface area (TPSA) is 108 Å².